The first kappa shape index (κ1) is 19.0. The van der Waals surface area contributed by atoms with E-state index in [9.17, 15) is 0 Å². The Morgan fingerprint density at radius 2 is 1.48 bits per heavy atom. The third-order valence-corrected chi connectivity index (χ3v) is 6.71. The molecule has 4 atom stereocenters. The van der Waals surface area contributed by atoms with Crippen LogP contribution in [0, 0.1) is 0 Å². The van der Waals surface area contributed by atoms with E-state index in [4.69, 9.17) is 34.3 Å². The van der Waals surface area contributed by atoms with E-state index < -0.39 is 27.1 Å². The molecule has 2 rings (SSSR count). The van der Waals surface area contributed by atoms with Gasteiger partial charge >= 0.3 is 8.80 Å². The maximum absolute atomic E-state index is 8.70. The summed E-state index contributed by atoms with van der Waals surface area (Å²) >= 11 is 0. The first-order valence-corrected chi connectivity index (χ1v) is 9.43. The second-order valence-corrected chi connectivity index (χ2v) is 8.35. The number of hydrogen-bond donors (Lipinski definition) is 4. The van der Waals surface area contributed by atoms with Gasteiger partial charge in [0.15, 0.2) is 0 Å². The van der Waals surface area contributed by atoms with Crippen molar-refractivity contribution in [2.75, 3.05) is 6.54 Å². The summed E-state index contributed by atoms with van der Waals surface area (Å²) in [5, 5.41) is 25.9. The van der Waals surface area contributed by atoms with Gasteiger partial charge in [0.05, 0.1) is 30.5 Å². The summed E-state index contributed by atoms with van der Waals surface area (Å²) in [5.74, 6) is 0. The summed E-state index contributed by atoms with van der Waals surface area (Å²) in [6.45, 7) is 7.65. The average Bonchev–Trinajstić information content (AvgIpc) is 2.89. The van der Waals surface area contributed by atoms with E-state index in [0.29, 0.717) is 6.54 Å². The smallest absolute Gasteiger partial charge is 0.391 e. The molecule has 0 amide bonds. The highest BCUT2D eigenvalue weighted by atomic mass is 28.4. The molecule has 2 saturated heterocycles. The van der Waals surface area contributed by atoms with Gasteiger partial charge in [0.2, 0.25) is 0 Å². The van der Waals surface area contributed by atoms with Crippen LogP contribution in [0.25, 0.3) is 0 Å². The fraction of sp³-hybridized carbons (Fsp3) is 1.00. The van der Waals surface area contributed by atoms with Crippen molar-refractivity contribution in [1.29, 1.82) is 0 Å². The van der Waals surface area contributed by atoms with E-state index in [0.717, 1.165) is 12.5 Å². The molecule has 2 aliphatic heterocycles. The summed E-state index contributed by atoms with van der Waals surface area (Å²) in [5.41, 5.74) is 5.46. The molecule has 0 saturated carbocycles. The molecule has 0 aromatic rings. The predicted molar refractivity (Wildman–Crippen MR) is 79.6 cm³/mol. The highest BCUT2D eigenvalue weighted by Gasteiger charge is 2.60. The molecule has 8 heteroatoms. The van der Waals surface area contributed by atoms with Crippen LogP contribution >= 0.6 is 0 Å². The van der Waals surface area contributed by atoms with E-state index in [2.05, 4.69) is 13.8 Å². The fourth-order valence-corrected chi connectivity index (χ4v) is 5.82. The van der Waals surface area contributed by atoms with E-state index in [1.165, 1.54) is 13.8 Å². The van der Waals surface area contributed by atoms with Crippen LogP contribution in [0.15, 0.2) is 0 Å². The molecule has 0 spiro atoms. The van der Waals surface area contributed by atoms with Crippen molar-refractivity contribution in [2.24, 2.45) is 5.73 Å². The number of hydrogen-bond acceptors (Lipinski definition) is 7. The lowest BCUT2D eigenvalue weighted by molar-refractivity contribution is -0.0438. The molecule has 21 heavy (non-hydrogen) atoms. The van der Waals surface area contributed by atoms with Crippen molar-refractivity contribution in [3.63, 3.8) is 0 Å². The third-order valence-electron chi connectivity index (χ3n) is 3.65. The summed E-state index contributed by atoms with van der Waals surface area (Å²) in [6.07, 6.45) is -1.23. The number of rotatable bonds is 5. The zero-order valence-electron chi connectivity index (χ0n) is 13.2. The minimum atomic E-state index is -2.26. The van der Waals surface area contributed by atoms with E-state index in [1.807, 2.05) is 0 Å². The van der Waals surface area contributed by atoms with Gasteiger partial charge in [-0.15, -0.1) is 0 Å². The molecule has 5 N–H and O–H groups in total. The van der Waals surface area contributed by atoms with Crippen molar-refractivity contribution in [2.45, 2.75) is 76.8 Å². The molecule has 0 aromatic heterocycles. The summed E-state index contributed by atoms with van der Waals surface area (Å²) in [4.78, 5) is 0. The molecule has 7 nitrogen and oxygen atoms in total. The third kappa shape index (κ3) is 4.97. The molecular weight excluding hydrogens is 294 g/mol. The van der Waals surface area contributed by atoms with Gasteiger partial charge in [-0.3, -0.25) is 0 Å². The fourth-order valence-electron chi connectivity index (χ4n) is 2.46. The molecule has 2 heterocycles. The molecule has 2 aliphatic rings. The summed E-state index contributed by atoms with van der Waals surface area (Å²) < 4.78 is 17.3. The molecule has 0 aromatic carbocycles. The Morgan fingerprint density at radius 3 is 1.76 bits per heavy atom. The highest BCUT2D eigenvalue weighted by molar-refractivity contribution is 6.62. The first-order chi connectivity index (χ1) is 9.72. The Hall–Kier alpha value is -0.0631. The quantitative estimate of drug-likeness (QED) is 0.509. The van der Waals surface area contributed by atoms with Crippen LogP contribution in [0.2, 0.25) is 6.04 Å². The van der Waals surface area contributed by atoms with E-state index >= 15 is 0 Å². The number of fused-ring (bicyclic) bond motifs is 2. The lowest BCUT2D eigenvalue weighted by Gasteiger charge is -2.26. The Kier molecular flexibility index (Phi) is 7.21. The normalized spacial score (nSPS) is 38.6. The van der Waals surface area contributed by atoms with Crippen LogP contribution in [0.3, 0.4) is 0 Å². The minimum absolute atomic E-state index is 0.157. The summed E-state index contributed by atoms with van der Waals surface area (Å²) in [7, 11) is -2.26. The van der Waals surface area contributed by atoms with Crippen LogP contribution in [0.1, 0.15) is 34.1 Å². The monoisotopic (exact) mass is 323 g/mol. The molecule has 126 valence electrons. The topological polar surface area (TPSA) is 114 Å². The zero-order valence-corrected chi connectivity index (χ0v) is 14.2. The van der Waals surface area contributed by atoms with Crippen LogP contribution in [0.4, 0.5) is 0 Å². The molecule has 4 unspecified atom stereocenters. The van der Waals surface area contributed by atoms with Crippen LogP contribution in [-0.2, 0) is 13.3 Å². The Balaban J connectivity index is 0.000000240. The number of aliphatic hydroxyl groups excluding tert-OH is 3. The Morgan fingerprint density at radius 1 is 1.00 bits per heavy atom. The highest BCUT2D eigenvalue weighted by Crippen LogP contribution is 2.39. The second kappa shape index (κ2) is 7.98. The SMILES string of the molecule is CC(O)C(O)C(C)O.CC1O[Si]2(CCCN)OC(C)C1O2. The maximum Gasteiger partial charge on any atom is 0.502 e. The van der Waals surface area contributed by atoms with E-state index in [-0.39, 0.29) is 18.3 Å². The second-order valence-electron chi connectivity index (χ2n) is 5.78. The molecule has 2 bridgehead atoms. The first-order valence-electron chi connectivity index (χ1n) is 7.50. The molecule has 0 aliphatic carbocycles. The van der Waals surface area contributed by atoms with Crippen molar-refractivity contribution in [3.8, 4) is 0 Å². The average molecular weight is 323 g/mol. The largest absolute Gasteiger partial charge is 0.502 e. The van der Waals surface area contributed by atoms with Crippen LogP contribution in [0.5, 0.6) is 0 Å². The van der Waals surface area contributed by atoms with Gasteiger partial charge in [0, 0.05) is 6.04 Å². The maximum atomic E-state index is 8.70. The minimum Gasteiger partial charge on any atom is -0.391 e. The van der Waals surface area contributed by atoms with Crippen molar-refractivity contribution in [3.05, 3.63) is 0 Å². The van der Waals surface area contributed by atoms with Crippen molar-refractivity contribution < 1.29 is 28.6 Å². The van der Waals surface area contributed by atoms with Gasteiger partial charge in [-0.1, -0.05) is 0 Å². The molecular formula is C13H29NO6Si. The van der Waals surface area contributed by atoms with Crippen molar-refractivity contribution in [1.82, 2.24) is 0 Å². The van der Waals surface area contributed by atoms with Gasteiger partial charge in [-0.25, -0.2) is 0 Å². The summed E-state index contributed by atoms with van der Waals surface area (Å²) in [6, 6.07) is 0.870. The predicted octanol–water partition coefficient (Wildman–Crippen LogP) is -0.394. The van der Waals surface area contributed by atoms with Gasteiger partial charge in [0.25, 0.3) is 0 Å². The standard InChI is InChI=1S/C8H17NO3Si.C5H12O3/c1-6-8-7(2)11-13(10-6,12-8)5-3-4-9;1-3(6)5(8)4(2)7/h6-8H,3-5,9H2,1-2H3;3-8H,1-2H3. The molecule has 0 radical (unpaired) electrons. The van der Waals surface area contributed by atoms with Crippen LogP contribution < -0.4 is 5.73 Å². The van der Waals surface area contributed by atoms with Gasteiger partial charge < -0.3 is 34.3 Å². The van der Waals surface area contributed by atoms with Gasteiger partial charge in [-0.05, 0) is 40.7 Å². The lowest BCUT2D eigenvalue weighted by Crippen LogP contribution is -2.44. The van der Waals surface area contributed by atoms with Crippen LogP contribution in [-0.4, -0.2) is 67.3 Å². The van der Waals surface area contributed by atoms with Gasteiger partial charge in [-0.2, -0.15) is 0 Å². The zero-order chi connectivity index (χ0) is 16.2. The van der Waals surface area contributed by atoms with E-state index in [1.54, 1.807) is 0 Å². The number of aliphatic hydroxyl groups is 3. The Labute approximate surface area is 127 Å². The Bertz CT molecular complexity index is 297. The number of nitrogens with two attached hydrogens (primary N) is 1. The molecule has 2 fully saturated rings. The van der Waals surface area contributed by atoms with Gasteiger partial charge in [0.1, 0.15) is 6.10 Å². The lowest BCUT2D eigenvalue weighted by atomic mass is 10.1. The van der Waals surface area contributed by atoms with Crippen molar-refractivity contribution >= 4 is 8.80 Å².